The van der Waals surface area contributed by atoms with Gasteiger partial charge in [-0.3, -0.25) is 4.99 Å². The SMILES string of the molecule is CCC1C(c2ccc(-c3ccccc3)cc2)=NC(c2cc(-n3c4cc5ccccc5cc4c4c5ccccc5ccc43)c3c(c2)oc2c4ccccc4ccc23)=NC1c1cccc2c1c1ccccc1n2-c1ccccc1. The Morgan fingerprint density at radius 3 is 1.82 bits per heavy atom. The van der Waals surface area contributed by atoms with Crippen LogP contribution in [-0.4, -0.2) is 20.7 Å². The first kappa shape index (κ1) is 43.5. The van der Waals surface area contributed by atoms with Crippen molar-refractivity contribution >= 4 is 109 Å². The quantitative estimate of drug-likeness (QED) is 0.157. The van der Waals surface area contributed by atoms with Gasteiger partial charge in [0.15, 0.2) is 5.84 Å². The van der Waals surface area contributed by atoms with Crippen molar-refractivity contribution in [2.24, 2.45) is 15.9 Å². The van der Waals surface area contributed by atoms with E-state index in [0.29, 0.717) is 5.84 Å². The fourth-order valence-electron chi connectivity index (χ4n) is 13.0. The maximum Gasteiger partial charge on any atom is 0.155 e. The Morgan fingerprint density at radius 2 is 1.03 bits per heavy atom. The Bertz CT molecular complexity index is 4960. The van der Waals surface area contributed by atoms with E-state index in [1.807, 2.05) is 0 Å². The fraction of sp³-hybridized carbons (Fsp3) is 0.0556. The van der Waals surface area contributed by atoms with E-state index in [1.165, 1.54) is 65.3 Å². The first-order valence-electron chi connectivity index (χ1n) is 26.8. The van der Waals surface area contributed by atoms with Gasteiger partial charge >= 0.3 is 0 Å². The molecule has 5 heteroatoms. The topological polar surface area (TPSA) is 47.7 Å². The van der Waals surface area contributed by atoms with Crippen LogP contribution in [0.15, 0.2) is 263 Å². The maximum atomic E-state index is 7.25. The second kappa shape index (κ2) is 17.1. The molecule has 77 heavy (non-hydrogen) atoms. The third-order valence-electron chi connectivity index (χ3n) is 16.5. The van der Waals surface area contributed by atoms with E-state index in [0.717, 1.165) is 83.9 Å². The summed E-state index contributed by atoms with van der Waals surface area (Å²) in [6.45, 7) is 2.29. The molecular weight excluding hydrogens is 937 g/mol. The van der Waals surface area contributed by atoms with Crippen LogP contribution < -0.4 is 0 Å². The zero-order valence-electron chi connectivity index (χ0n) is 42.2. The number of benzene rings is 12. The zero-order valence-corrected chi connectivity index (χ0v) is 42.2. The number of furan rings is 1. The summed E-state index contributed by atoms with van der Waals surface area (Å²) in [5.41, 5.74) is 14.9. The average Bonchev–Trinajstić information content (AvgIpc) is 4.27. The lowest BCUT2D eigenvalue weighted by Gasteiger charge is -2.30. The van der Waals surface area contributed by atoms with Gasteiger partial charge in [-0.2, -0.15) is 0 Å². The molecule has 12 aromatic carbocycles. The minimum absolute atomic E-state index is 0.0366. The van der Waals surface area contributed by atoms with E-state index in [2.05, 4.69) is 265 Å². The number of hydrogen-bond donors (Lipinski definition) is 0. The smallest absolute Gasteiger partial charge is 0.155 e. The molecule has 5 nitrogen and oxygen atoms in total. The molecule has 2 atom stereocenters. The summed E-state index contributed by atoms with van der Waals surface area (Å²) < 4.78 is 12.1. The molecule has 0 aliphatic carbocycles. The first-order chi connectivity index (χ1) is 38.1. The van der Waals surface area contributed by atoms with E-state index in [9.17, 15) is 0 Å². The number of aromatic nitrogens is 2. The van der Waals surface area contributed by atoms with Gasteiger partial charge in [-0.1, -0.05) is 195 Å². The number of hydrogen-bond acceptors (Lipinski definition) is 3. The van der Waals surface area contributed by atoms with Gasteiger partial charge in [-0.25, -0.2) is 4.99 Å². The lowest BCUT2D eigenvalue weighted by molar-refractivity contribution is 0.535. The van der Waals surface area contributed by atoms with Crippen LogP contribution in [0, 0.1) is 5.92 Å². The molecular formula is C72H48N4O. The Balaban J connectivity index is 1.00. The normalized spacial score (nSPS) is 15.0. The van der Waals surface area contributed by atoms with E-state index in [-0.39, 0.29) is 12.0 Å². The van der Waals surface area contributed by atoms with Crippen LogP contribution in [0.4, 0.5) is 0 Å². The minimum atomic E-state index is -0.278. The number of aliphatic imine (C=N–C) groups is 2. The molecule has 1 aliphatic rings. The maximum absolute atomic E-state index is 7.25. The fourth-order valence-corrected chi connectivity index (χ4v) is 13.0. The predicted molar refractivity (Wildman–Crippen MR) is 323 cm³/mol. The molecule has 0 amide bonds. The van der Waals surface area contributed by atoms with Crippen LogP contribution in [0.5, 0.6) is 0 Å². The van der Waals surface area contributed by atoms with Crippen LogP contribution >= 0.6 is 0 Å². The monoisotopic (exact) mass is 984 g/mol. The molecule has 15 aromatic rings. The minimum Gasteiger partial charge on any atom is -0.455 e. The van der Waals surface area contributed by atoms with Crippen molar-refractivity contribution in [1.82, 2.24) is 9.13 Å². The van der Waals surface area contributed by atoms with Crippen molar-refractivity contribution in [2.75, 3.05) is 0 Å². The van der Waals surface area contributed by atoms with Crippen LogP contribution in [-0.2, 0) is 0 Å². The van der Waals surface area contributed by atoms with Gasteiger partial charge in [0.2, 0.25) is 0 Å². The highest BCUT2D eigenvalue weighted by Gasteiger charge is 2.35. The predicted octanol–water partition coefficient (Wildman–Crippen LogP) is 18.9. The Labute approximate surface area is 443 Å². The number of rotatable bonds is 7. The van der Waals surface area contributed by atoms with Crippen molar-refractivity contribution in [3.8, 4) is 22.5 Å². The van der Waals surface area contributed by atoms with Crippen molar-refractivity contribution in [1.29, 1.82) is 0 Å². The summed E-state index contributed by atoms with van der Waals surface area (Å²) in [5.74, 6) is 0.640. The number of para-hydroxylation sites is 2. The summed E-state index contributed by atoms with van der Waals surface area (Å²) >= 11 is 0. The molecule has 0 saturated heterocycles. The van der Waals surface area contributed by atoms with Gasteiger partial charge in [0.1, 0.15) is 11.2 Å². The molecule has 2 unspecified atom stereocenters. The third-order valence-corrected chi connectivity index (χ3v) is 16.5. The van der Waals surface area contributed by atoms with Crippen molar-refractivity contribution < 1.29 is 4.42 Å². The van der Waals surface area contributed by atoms with Crippen LogP contribution in [0.3, 0.4) is 0 Å². The number of fused-ring (bicyclic) bond motifs is 14. The van der Waals surface area contributed by atoms with Crippen molar-refractivity contribution in [3.05, 3.63) is 265 Å². The lowest BCUT2D eigenvalue weighted by Crippen LogP contribution is -2.28. The average molecular weight is 985 g/mol. The van der Waals surface area contributed by atoms with Gasteiger partial charge in [-0.05, 0) is 116 Å². The van der Waals surface area contributed by atoms with Gasteiger partial charge in [0.05, 0.1) is 44.9 Å². The number of nitrogens with zero attached hydrogens (tertiary/aromatic N) is 4. The molecule has 16 rings (SSSR count). The Morgan fingerprint density at radius 1 is 0.403 bits per heavy atom. The molecule has 0 spiro atoms. The van der Waals surface area contributed by atoms with E-state index in [4.69, 9.17) is 14.4 Å². The lowest BCUT2D eigenvalue weighted by atomic mass is 9.81. The van der Waals surface area contributed by atoms with Gasteiger partial charge < -0.3 is 13.6 Å². The van der Waals surface area contributed by atoms with Crippen molar-refractivity contribution in [3.63, 3.8) is 0 Å². The zero-order chi connectivity index (χ0) is 50.7. The summed E-state index contributed by atoms with van der Waals surface area (Å²) in [5, 5.41) is 14.0. The van der Waals surface area contributed by atoms with Crippen LogP contribution in [0.2, 0.25) is 0 Å². The summed E-state index contributed by atoms with van der Waals surface area (Å²) in [7, 11) is 0. The molecule has 0 N–H and O–H groups in total. The summed E-state index contributed by atoms with van der Waals surface area (Å²) in [6, 6.07) is 90.1. The molecule has 4 heterocycles. The first-order valence-corrected chi connectivity index (χ1v) is 26.8. The molecule has 0 radical (unpaired) electrons. The molecule has 0 fully saturated rings. The second-order valence-corrected chi connectivity index (χ2v) is 20.6. The number of amidine groups is 1. The largest absolute Gasteiger partial charge is 0.455 e. The Kier molecular flexibility index (Phi) is 9.67. The van der Waals surface area contributed by atoms with E-state index < -0.39 is 0 Å². The van der Waals surface area contributed by atoms with Gasteiger partial charge in [0.25, 0.3) is 0 Å². The molecule has 3 aromatic heterocycles. The highest BCUT2D eigenvalue weighted by Crippen LogP contribution is 2.47. The molecule has 0 saturated carbocycles. The highest BCUT2D eigenvalue weighted by molar-refractivity contribution is 6.26. The Hall–Kier alpha value is -9.84. The van der Waals surface area contributed by atoms with Crippen LogP contribution in [0.1, 0.15) is 36.1 Å². The van der Waals surface area contributed by atoms with E-state index >= 15 is 0 Å². The van der Waals surface area contributed by atoms with Gasteiger partial charge in [0, 0.05) is 49.5 Å². The van der Waals surface area contributed by atoms with Gasteiger partial charge in [-0.15, -0.1) is 0 Å². The third kappa shape index (κ3) is 6.66. The summed E-state index contributed by atoms with van der Waals surface area (Å²) in [4.78, 5) is 11.8. The second-order valence-electron chi connectivity index (χ2n) is 20.6. The molecule has 1 aliphatic heterocycles. The molecule has 0 bridgehead atoms. The van der Waals surface area contributed by atoms with Crippen molar-refractivity contribution in [2.45, 2.75) is 19.4 Å². The van der Waals surface area contributed by atoms with E-state index in [1.54, 1.807) is 0 Å². The standard InChI is InChI=1S/C72H48N4O/c1-2-53-69(48-34-32-45(33-35-48)44-18-5-3-6-19-44)73-72(74-70(53)57-29-17-31-61-67(57)56-28-15-16-30-60(56)75(61)52-24-7-4-8-25-52)51-42-64(68-58-38-36-47-21-12-14-27-55(47)71(58)77-65(68)43-51)76-62-39-37-46-20-11-13-26-54(46)66(62)59-40-49-22-9-10-23-50(49)41-63(59)76/h3-43,53,70H,2H2,1H3. The molecule has 362 valence electrons. The highest BCUT2D eigenvalue weighted by atomic mass is 16.3. The van der Waals surface area contributed by atoms with Crippen LogP contribution in [0.25, 0.3) is 120 Å². The summed E-state index contributed by atoms with van der Waals surface area (Å²) in [6.07, 6.45) is 0.832.